The summed E-state index contributed by atoms with van der Waals surface area (Å²) in [5, 5.41) is 0.627. The second kappa shape index (κ2) is 7.38. The van der Waals surface area contributed by atoms with Gasteiger partial charge in [0.25, 0.3) is 5.91 Å². The molecule has 1 saturated heterocycles. The Morgan fingerprint density at radius 2 is 2.04 bits per heavy atom. The van der Waals surface area contributed by atoms with Gasteiger partial charge in [0.1, 0.15) is 6.54 Å². The lowest BCUT2D eigenvalue weighted by Crippen LogP contribution is -2.43. The molecule has 1 atom stereocenters. The third-order valence-electron chi connectivity index (χ3n) is 4.53. The maximum atomic E-state index is 12.5. The van der Waals surface area contributed by atoms with E-state index in [-0.39, 0.29) is 18.4 Å². The molecule has 5 nitrogen and oxygen atoms in total. The molecule has 2 aliphatic heterocycles. The molecule has 0 saturated carbocycles. The highest BCUT2D eigenvalue weighted by Crippen LogP contribution is 2.25. The van der Waals surface area contributed by atoms with E-state index >= 15 is 0 Å². The Kier molecular flexibility index (Phi) is 5.23. The van der Waals surface area contributed by atoms with Crippen LogP contribution in [0.3, 0.4) is 0 Å². The molecule has 24 heavy (non-hydrogen) atoms. The molecule has 1 aromatic carbocycles. The molecule has 2 heterocycles. The van der Waals surface area contributed by atoms with E-state index in [4.69, 9.17) is 0 Å². The summed E-state index contributed by atoms with van der Waals surface area (Å²) in [5.74, 6) is 0.428. The number of thioether (sulfide) groups is 1. The number of amides is 2. The van der Waals surface area contributed by atoms with E-state index in [0.29, 0.717) is 17.0 Å². The zero-order valence-electron chi connectivity index (χ0n) is 14.2. The van der Waals surface area contributed by atoms with Crippen molar-refractivity contribution in [3.63, 3.8) is 0 Å². The molecular formula is C18H23N3O2S. The number of carbonyl (C=O) groups is 2. The van der Waals surface area contributed by atoms with E-state index in [1.54, 1.807) is 4.90 Å². The van der Waals surface area contributed by atoms with Gasteiger partial charge in [0.2, 0.25) is 5.91 Å². The summed E-state index contributed by atoms with van der Waals surface area (Å²) in [6.45, 7) is 5.12. The number of rotatable bonds is 3. The third-order valence-corrected chi connectivity index (χ3v) is 5.49. The Morgan fingerprint density at radius 3 is 2.75 bits per heavy atom. The lowest BCUT2D eigenvalue weighted by atomic mass is 10.0. The molecule has 6 heteroatoms. The Morgan fingerprint density at radius 1 is 1.29 bits per heavy atom. The van der Waals surface area contributed by atoms with Gasteiger partial charge in [-0.1, -0.05) is 29.5 Å². The van der Waals surface area contributed by atoms with Crippen LogP contribution < -0.4 is 4.90 Å². The number of likely N-dealkylation sites (tertiary alicyclic amines) is 1. The lowest BCUT2D eigenvalue weighted by molar-refractivity contribution is -0.131. The van der Waals surface area contributed by atoms with E-state index < -0.39 is 0 Å². The maximum absolute atomic E-state index is 12.5. The number of hydrogen-bond donors (Lipinski definition) is 0. The smallest absolute Gasteiger partial charge is 0.254 e. The summed E-state index contributed by atoms with van der Waals surface area (Å²) >= 11 is 1.36. The van der Waals surface area contributed by atoms with Crippen LogP contribution in [-0.2, 0) is 9.59 Å². The van der Waals surface area contributed by atoms with E-state index in [1.807, 2.05) is 36.1 Å². The number of aryl methyl sites for hydroxylation is 1. The number of carbonyl (C=O) groups excluding carboxylic acids is 2. The SMILES string of the molecule is Cc1ccc(N2C(=O)CN=C2SCC(=O)N2CCCC[C@H]2C)cc1. The van der Waals surface area contributed by atoms with Crippen LogP contribution in [0.1, 0.15) is 31.7 Å². The summed E-state index contributed by atoms with van der Waals surface area (Å²) in [4.78, 5) is 32.6. The molecule has 0 radical (unpaired) electrons. The van der Waals surface area contributed by atoms with E-state index in [2.05, 4.69) is 11.9 Å². The summed E-state index contributed by atoms with van der Waals surface area (Å²) in [5.41, 5.74) is 1.96. The van der Waals surface area contributed by atoms with Gasteiger partial charge in [0, 0.05) is 12.6 Å². The number of anilines is 1. The Labute approximate surface area is 147 Å². The monoisotopic (exact) mass is 345 g/mol. The summed E-state index contributed by atoms with van der Waals surface area (Å²) in [7, 11) is 0. The molecule has 1 aromatic rings. The van der Waals surface area contributed by atoms with Crippen molar-refractivity contribution in [1.82, 2.24) is 4.90 Å². The van der Waals surface area contributed by atoms with Crippen molar-refractivity contribution in [3.8, 4) is 0 Å². The van der Waals surface area contributed by atoms with Crippen LogP contribution in [0.15, 0.2) is 29.3 Å². The number of benzene rings is 1. The first-order valence-electron chi connectivity index (χ1n) is 8.42. The highest BCUT2D eigenvalue weighted by molar-refractivity contribution is 8.14. The first-order valence-corrected chi connectivity index (χ1v) is 9.41. The van der Waals surface area contributed by atoms with Gasteiger partial charge in [-0.05, 0) is 45.2 Å². The first-order chi connectivity index (χ1) is 11.6. The Bertz CT molecular complexity index is 657. The Hall–Kier alpha value is -1.82. The van der Waals surface area contributed by atoms with Crippen LogP contribution >= 0.6 is 11.8 Å². The summed E-state index contributed by atoms with van der Waals surface area (Å²) in [6.07, 6.45) is 3.35. The highest BCUT2D eigenvalue weighted by Gasteiger charge is 2.29. The minimum atomic E-state index is -0.0415. The van der Waals surface area contributed by atoms with Crippen LogP contribution in [0.2, 0.25) is 0 Å². The zero-order chi connectivity index (χ0) is 17.1. The van der Waals surface area contributed by atoms with Crippen molar-refractivity contribution in [3.05, 3.63) is 29.8 Å². The van der Waals surface area contributed by atoms with E-state index in [0.717, 1.165) is 30.6 Å². The highest BCUT2D eigenvalue weighted by atomic mass is 32.2. The average molecular weight is 345 g/mol. The molecule has 128 valence electrons. The fourth-order valence-corrected chi connectivity index (χ4v) is 4.03. The van der Waals surface area contributed by atoms with Crippen LogP contribution in [0.25, 0.3) is 0 Å². The molecule has 0 aliphatic carbocycles. The quantitative estimate of drug-likeness (QED) is 0.846. The minimum Gasteiger partial charge on any atom is -0.339 e. The molecular weight excluding hydrogens is 322 g/mol. The van der Waals surface area contributed by atoms with Gasteiger partial charge in [-0.25, -0.2) is 0 Å². The maximum Gasteiger partial charge on any atom is 0.254 e. The van der Waals surface area contributed by atoms with Gasteiger partial charge in [-0.3, -0.25) is 19.5 Å². The second-order valence-electron chi connectivity index (χ2n) is 6.38. The normalized spacial score (nSPS) is 21.2. The molecule has 0 unspecified atom stereocenters. The number of hydrogen-bond acceptors (Lipinski definition) is 4. The summed E-state index contributed by atoms with van der Waals surface area (Å²) in [6, 6.07) is 8.10. The first kappa shape index (κ1) is 17.0. The molecule has 2 amide bonds. The molecule has 0 aromatic heterocycles. The van der Waals surface area contributed by atoms with Gasteiger partial charge >= 0.3 is 0 Å². The molecule has 2 aliphatic rings. The van der Waals surface area contributed by atoms with Crippen LogP contribution in [0, 0.1) is 6.92 Å². The molecule has 0 N–H and O–H groups in total. The number of nitrogens with zero attached hydrogens (tertiary/aromatic N) is 3. The number of aliphatic imine (C=N–C) groups is 1. The van der Waals surface area contributed by atoms with E-state index in [9.17, 15) is 9.59 Å². The fraction of sp³-hybridized carbons (Fsp3) is 0.500. The van der Waals surface area contributed by atoms with Gasteiger partial charge in [-0.2, -0.15) is 0 Å². The van der Waals surface area contributed by atoms with Crippen LogP contribution in [-0.4, -0.2) is 46.8 Å². The van der Waals surface area contributed by atoms with Crippen molar-refractivity contribution in [2.24, 2.45) is 4.99 Å². The van der Waals surface area contributed by atoms with Gasteiger partial charge < -0.3 is 4.90 Å². The third kappa shape index (κ3) is 3.64. The fourth-order valence-electron chi connectivity index (χ4n) is 3.12. The molecule has 3 rings (SSSR count). The lowest BCUT2D eigenvalue weighted by Gasteiger charge is -2.33. The molecule has 1 fully saturated rings. The van der Waals surface area contributed by atoms with E-state index in [1.165, 1.54) is 18.2 Å². The second-order valence-corrected chi connectivity index (χ2v) is 7.33. The van der Waals surface area contributed by atoms with Crippen molar-refractivity contribution in [2.75, 3.05) is 23.7 Å². The predicted molar refractivity (Wildman–Crippen MR) is 98.5 cm³/mol. The topological polar surface area (TPSA) is 53.0 Å². The standard InChI is InChI=1S/C18H23N3O2S/c1-13-6-8-15(9-7-13)21-16(22)11-19-18(21)24-12-17(23)20-10-4-3-5-14(20)2/h6-9,14H,3-5,10-12H2,1-2H3/t14-/m1/s1. The Balaban J connectivity index is 1.64. The van der Waals surface area contributed by atoms with Gasteiger partial charge in [0.05, 0.1) is 11.4 Å². The van der Waals surface area contributed by atoms with Crippen LogP contribution in [0.4, 0.5) is 5.69 Å². The zero-order valence-corrected chi connectivity index (χ0v) is 15.0. The van der Waals surface area contributed by atoms with Gasteiger partial charge in [0.15, 0.2) is 5.17 Å². The molecule has 0 spiro atoms. The van der Waals surface area contributed by atoms with Crippen molar-refractivity contribution >= 4 is 34.4 Å². The van der Waals surface area contributed by atoms with Crippen LogP contribution in [0.5, 0.6) is 0 Å². The summed E-state index contributed by atoms with van der Waals surface area (Å²) < 4.78 is 0. The minimum absolute atomic E-state index is 0.0415. The van der Waals surface area contributed by atoms with Crippen molar-refractivity contribution < 1.29 is 9.59 Å². The molecule has 0 bridgehead atoms. The largest absolute Gasteiger partial charge is 0.339 e. The number of piperidine rings is 1. The van der Waals surface area contributed by atoms with Crippen molar-refractivity contribution in [2.45, 2.75) is 39.2 Å². The number of amidine groups is 1. The average Bonchev–Trinajstić information content (AvgIpc) is 2.95. The van der Waals surface area contributed by atoms with Crippen molar-refractivity contribution in [1.29, 1.82) is 0 Å². The predicted octanol–water partition coefficient (Wildman–Crippen LogP) is 2.83. The van der Waals surface area contributed by atoms with Gasteiger partial charge in [-0.15, -0.1) is 0 Å².